The lowest BCUT2D eigenvalue weighted by Gasteiger charge is -2.27. The number of carbonyl (C=O) groups is 1. The molecule has 2 saturated heterocycles. The van der Waals surface area contributed by atoms with E-state index in [1.54, 1.807) is 7.11 Å². The summed E-state index contributed by atoms with van der Waals surface area (Å²) in [5.41, 5.74) is 9.20. The van der Waals surface area contributed by atoms with E-state index in [0.29, 0.717) is 24.9 Å². The molecule has 2 heterocycles. The maximum atomic E-state index is 12.7. The molecule has 0 aliphatic carbocycles. The molecule has 2 N–H and O–H groups in total. The zero-order chi connectivity index (χ0) is 20.1. The van der Waals surface area contributed by atoms with Gasteiger partial charge in [0.25, 0.3) is 0 Å². The first-order chi connectivity index (χ1) is 14.2. The van der Waals surface area contributed by atoms with Crippen LogP contribution in [0.3, 0.4) is 0 Å². The molecule has 0 bridgehead atoms. The van der Waals surface area contributed by atoms with E-state index in [2.05, 4.69) is 46.1 Å². The Kier molecular flexibility index (Phi) is 6.44. The third kappa shape index (κ3) is 4.96. The number of methoxy groups -OCH3 is 1. The Bertz CT molecular complexity index is 796. The van der Waals surface area contributed by atoms with Gasteiger partial charge in [-0.05, 0) is 23.3 Å². The molecule has 154 valence electrons. The molecule has 6 nitrogen and oxygen atoms in total. The third-order valence-corrected chi connectivity index (χ3v) is 5.96. The fourth-order valence-corrected chi connectivity index (χ4v) is 4.26. The van der Waals surface area contributed by atoms with Crippen LogP contribution in [0, 0.1) is 5.92 Å². The number of hydrogen-bond donors (Lipinski definition) is 2. The molecule has 0 saturated carbocycles. The van der Waals surface area contributed by atoms with Crippen molar-refractivity contribution >= 4 is 5.91 Å². The van der Waals surface area contributed by atoms with Gasteiger partial charge in [0.15, 0.2) is 0 Å². The molecule has 2 aliphatic heterocycles. The molecule has 2 aliphatic rings. The van der Waals surface area contributed by atoms with E-state index in [4.69, 9.17) is 4.74 Å². The van der Waals surface area contributed by atoms with Crippen molar-refractivity contribution in [1.82, 2.24) is 20.7 Å². The maximum absolute atomic E-state index is 12.7. The van der Waals surface area contributed by atoms with Gasteiger partial charge in [-0.25, -0.2) is 5.43 Å². The number of amides is 1. The van der Waals surface area contributed by atoms with Crippen LogP contribution < -0.4 is 15.6 Å². The SMILES string of the molecule is COc1ccc(CN2CCN(CC3CNNC3c3ccccc3)CCC2=O)cc1. The van der Waals surface area contributed by atoms with Gasteiger partial charge in [0.1, 0.15) is 5.75 Å². The Morgan fingerprint density at radius 1 is 1.03 bits per heavy atom. The number of hydrazine groups is 1. The van der Waals surface area contributed by atoms with Gasteiger partial charge in [0, 0.05) is 51.6 Å². The second kappa shape index (κ2) is 9.39. The van der Waals surface area contributed by atoms with E-state index in [1.165, 1.54) is 5.56 Å². The molecule has 2 aromatic carbocycles. The molecule has 2 fully saturated rings. The summed E-state index contributed by atoms with van der Waals surface area (Å²) in [6.45, 7) is 5.11. The lowest BCUT2D eigenvalue weighted by molar-refractivity contribution is -0.130. The molecular formula is C23H30N4O2. The molecule has 0 aromatic heterocycles. The van der Waals surface area contributed by atoms with Gasteiger partial charge in [0.2, 0.25) is 5.91 Å². The molecule has 4 rings (SSSR count). The van der Waals surface area contributed by atoms with Crippen LogP contribution in [0.5, 0.6) is 5.75 Å². The zero-order valence-corrected chi connectivity index (χ0v) is 17.0. The van der Waals surface area contributed by atoms with Crippen LogP contribution >= 0.6 is 0 Å². The largest absolute Gasteiger partial charge is 0.497 e. The Morgan fingerprint density at radius 3 is 2.59 bits per heavy atom. The van der Waals surface area contributed by atoms with E-state index in [0.717, 1.165) is 44.0 Å². The molecule has 2 unspecified atom stereocenters. The predicted molar refractivity (Wildman–Crippen MR) is 113 cm³/mol. The van der Waals surface area contributed by atoms with Crippen molar-refractivity contribution in [2.24, 2.45) is 5.92 Å². The number of rotatable bonds is 6. The van der Waals surface area contributed by atoms with Crippen molar-refractivity contribution in [2.45, 2.75) is 19.0 Å². The highest BCUT2D eigenvalue weighted by atomic mass is 16.5. The fraction of sp³-hybridized carbons (Fsp3) is 0.435. The molecular weight excluding hydrogens is 364 g/mol. The molecule has 2 aromatic rings. The van der Waals surface area contributed by atoms with Gasteiger partial charge in [-0.1, -0.05) is 42.5 Å². The predicted octanol–water partition coefficient (Wildman–Crippen LogP) is 2.19. The summed E-state index contributed by atoms with van der Waals surface area (Å²) in [7, 11) is 1.67. The Morgan fingerprint density at radius 2 is 1.83 bits per heavy atom. The summed E-state index contributed by atoms with van der Waals surface area (Å²) in [6.07, 6.45) is 0.583. The van der Waals surface area contributed by atoms with Crippen LogP contribution in [0.2, 0.25) is 0 Å². The lowest BCUT2D eigenvalue weighted by atomic mass is 9.94. The van der Waals surface area contributed by atoms with Crippen LogP contribution in [0.15, 0.2) is 54.6 Å². The highest BCUT2D eigenvalue weighted by molar-refractivity contribution is 5.76. The van der Waals surface area contributed by atoms with Crippen LogP contribution in [0.4, 0.5) is 0 Å². The number of nitrogens with zero attached hydrogens (tertiary/aromatic N) is 2. The number of ether oxygens (including phenoxy) is 1. The summed E-state index contributed by atoms with van der Waals surface area (Å²) in [6, 6.07) is 18.9. The van der Waals surface area contributed by atoms with Crippen LogP contribution in [0.25, 0.3) is 0 Å². The Balaban J connectivity index is 1.34. The van der Waals surface area contributed by atoms with Gasteiger partial charge < -0.3 is 14.5 Å². The van der Waals surface area contributed by atoms with Gasteiger partial charge in [-0.3, -0.25) is 10.2 Å². The van der Waals surface area contributed by atoms with Crippen LogP contribution in [0.1, 0.15) is 23.6 Å². The Hall–Kier alpha value is -2.41. The van der Waals surface area contributed by atoms with Crippen molar-refractivity contribution in [3.63, 3.8) is 0 Å². The van der Waals surface area contributed by atoms with Gasteiger partial charge in [-0.15, -0.1) is 0 Å². The van der Waals surface area contributed by atoms with Crippen molar-refractivity contribution in [1.29, 1.82) is 0 Å². The van der Waals surface area contributed by atoms with Crippen molar-refractivity contribution in [3.05, 3.63) is 65.7 Å². The molecule has 0 radical (unpaired) electrons. The third-order valence-electron chi connectivity index (χ3n) is 5.96. The summed E-state index contributed by atoms with van der Waals surface area (Å²) < 4.78 is 5.22. The standard InChI is InChI=1S/C23H30N4O2/c1-29-21-9-7-18(8-10-21)16-27-14-13-26(12-11-22(27)28)17-20-15-24-25-23(20)19-5-3-2-4-6-19/h2-10,20,23-25H,11-17H2,1H3. The van der Waals surface area contributed by atoms with Crippen molar-refractivity contribution in [2.75, 3.05) is 39.8 Å². The monoisotopic (exact) mass is 394 g/mol. The molecule has 6 heteroatoms. The van der Waals surface area contributed by atoms with Gasteiger partial charge in [0.05, 0.1) is 13.2 Å². The molecule has 0 spiro atoms. The van der Waals surface area contributed by atoms with Crippen LogP contribution in [-0.2, 0) is 11.3 Å². The molecule has 1 amide bonds. The minimum atomic E-state index is 0.241. The lowest BCUT2D eigenvalue weighted by Crippen LogP contribution is -2.36. The second-order valence-corrected chi connectivity index (χ2v) is 7.89. The quantitative estimate of drug-likeness (QED) is 0.787. The molecule has 2 atom stereocenters. The van der Waals surface area contributed by atoms with Gasteiger partial charge >= 0.3 is 0 Å². The summed E-state index contributed by atoms with van der Waals surface area (Å²) >= 11 is 0. The minimum absolute atomic E-state index is 0.241. The zero-order valence-electron chi connectivity index (χ0n) is 17.0. The summed E-state index contributed by atoms with van der Waals surface area (Å²) in [5.74, 6) is 1.57. The van der Waals surface area contributed by atoms with Crippen molar-refractivity contribution in [3.8, 4) is 5.75 Å². The van der Waals surface area contributed by atoms with E-state index in [9.17, 15) is 4.79 Å². The summed E-state index contributed by atoms with van der Waals surface area (Å²) in [4.78, 5) is 17.1. The first-order valence-corrected chi connectivity index (χ1v) is 10.4. The van der Waals surface area contributed by atoms with Crippen LogP contribution in [-0.4, -0.2) is 55.5 Å². The maximum Gasteiger partial charge on any atom is 0.224 e. The van der Waals surface area contributed by atoms with Gasteiger partial charge in [-0.2, -0.15) is 0 Å². The number of carbonyl (C=O) groups excluding carboxylic acids is 1. The molecule has 29 heavy (non-hydrogen) atoms. The minimum Gasteiger partial charge on any atom is -0.497 e. The number of nitrogens with one attached hydrogen (secondary N) is 2. The average Bonchev–Trinajstić information content (AvgIpc) is 3.16. The van der Waals surface area contributed by atoms with E-state index >= 15 is 0 Å². The fourth-order valence-electron chi connectivity index (χ4n) is 4.26. The second-order valence-electron chi connectivity index (χ2n) is 7.89. The Labute approximate surface area is 172 Å². The van der Waals surface area contributed by atoms with E-state index < -0.39 is 0 Å². The topological polar surface area (TPSA) is 56.8 Å². The average molecular weight is 395 g/mol. The highest BCUT2D eigenvalue weighted by Gasteiger charge is 2.31. The first kappa shape index (κ1) is 19.9. The number of benzene rings is 2. The summed E-state index contributed by atoms with van der Waals surface area (Å²) in [5, 5.41) is 0. The normalized spacial score (nSPS) is 23.2. The smallest absolute Gasteiger partial charge is 0.224 e. The van der Waals surface area contributed by atoms with E-state index in [-0.39, 0.29) is 5.91 Å². The van der Waals surface area contributed by atoms with Crippen molar-refractivity contribution < 1.29 is 9.53 Å². The first-order valence-electron chi connectivity index (χ1n) is 10.4. The van der Waals surface area contributed by atoms with E-state index in [1.807, 2.05) is 29.2 Å². The highest BCUT2D eigenvalue weighted by Crippen LogP contribution is 2.26. The number of hydrogen-bond acceptors (Lipinski definition) is 5.